The monoisotopic (exact) mass is 390 g/mol. The lowest BCUT2D eigenvalue weighted by Gasteiger charge is -2.43. The van der Waals surface area contributed by atoms with Crippen LogP contribution in [0.15, 0.2) is 41.8 Å². The van der Waals surface area contributed by atoms with E-state index in [0.29, 0.717) is 12.1 Å². The summed E-state index contributed by atoms with van der Waals surface area (Å²) in [5.41, 5.74) is 0.350. The molecule has 0 aliphatic carbocycles. The summed E-state index contributed by atoms with van der Waals surface area (Å²) >= 11 is 1.78. The number of nitrogens with zero attached hydrogens (tertiary/aromatic N) is 2. The van der Waals surface area contributed by atoms with Gasteiger partial charge in [-0.2, -0.15) is 0 Å². The molecule has 3 rings (SSSR count). The third-order valence-corrected chi connectivity index (χ3v) is 6.12. The highest BCUT2D eigenvalue weighted by Crippen LogP contribution is 2.28. The van der Waals surface area contributed by atoms with Gasteiger partial charge in [-0.1, -0.05) is 25.1 Å². The zero-order chi connectivity index (χ0) is 19.2. The van der Waals surface area contributed by atoms with Crippen LogP contribution in [0.4, 0.5) is 10.1 Å². The Morgan fingerprint density at radius 2 is 2.15 bits per heavy atom. The van der Waals surface area contributed by atoms with Gasteiger partial charge >= 0.3 is 0 Å². The van der Waals surface area contributed by atoms with E-state index >= 15 is 0 Å². The van der Waals surface area contributed by atoms with Crippen molar-refractivity contribution in [3.8, 4) is 0 Å². The molecular formula is C21H27FN2O2S. The van der Waals surface area contributed by atoms with Gasteiger partial charge in [-0.15, -0.1) is 11.3 Å². The first kappa shape index (κ1) is 20.0. The second-order valence-electron chi connectivity index (χ2n) is 6.83. The van der Waals surface area contributed by atoms with Crippen molar-refractivity contribution in [3.05, 3.63) is 52.5 Å². The molecule has 0 spiro atoms. The molecule has 1 aromatic carbocycles. The normalized spacial score (nSPS) is 20.6. The first-order valence-electron chi connectivity index (χ1n) is 9.48. The number of anilines is 1. The van der Waals surface area contributed by atoms with Gasteiger partial charge in [0.1, 0.15) is 5.82 Å². The van der Waals surface area contributed by atoms with Crippen LogP contribution in [0.25, 0.3) is 0 Å². The van der Waals surface area contributed by atoms with Crippen molar-refractivity contribution in [3.63, 3.8) is 0 Å². The van der Waals surface area contributed by atoms with Gasteiger partial charge in [-0.05, 0) is 36.4 Å². The molecule has 0 N–H and O–H groups in total. The van der Waals surface area contributed by atoms with E-state index in [2.05, 4.69) is 22.4 Å². The highest BCUT2D eigenvalue weighted by atomic mass is 32.1. The number of piperidine rings is 1. The second-order valence-corrected chi connectivity index (χ2v) is 7.86. The Labute approximate surface area is 164 Å². The van der Waals surface area contributed by atoms with Gasteiger partial charge in [0.25, 0.3) is 0 Å². The van der Waals surface area contributed by atoms with Gasteiger partial charge in [0.15, 0.2) is 0 Å². The second kappa shape index (κ2) is 9.44. The fourth-order valence-corrected chi connectivity index (χ4v) is 4.43. The molecular weight excluding hydrogens is 363 g/mol. The third kappa shape index (κ3) is 4.75. The average molecular weight is 391 g/mol. The van der Waals surface area contributed by atoms with Crippen LogP contribution in [-0.4, -0.2) is 49.7 Å². The minimum absolute atomic E-state index is 0.0702. The Morgan fingerprint density at radius 3 is 2.81 bits per heavy atom. The van der Waals surface area contributed by atoms with Gasteiger partial charge < -0.3 is 14.5 Å². The van der Waals surface area contributed by atoms with Crippen LogP contribution < -0.4 is 4.90 Å². The van der Waals surface area contributed by atoms with E-state index in [1.165, 1.54) is 10.9 Å². The first-order chi connectivity index (χ1) is 13.1. The molecule has 4 nitrogen and oxygen atoms in total. The standard InChI is InChI=1S/C21H27FN2O2S/c1-3-21(25)24(18-9-5-4-8-17(18)22)19-11-13-23(15-20(19)26-2)12-10-16-7-6-14-27-16/h4-9,14,19-20H,3,10-13,15H2,1-2H3/t19-,20-/m1/s1. The highest BCUT2D eigenvalue weighted by Gasteiger charge is 2.37. The van der Waals surface area contributed by atoms with Crippen LogP contribution in [0.5, 0.6) is 0 Å². The number of rotatable bonds is 7. The smallest absolute Gasteiger partial charge is 0.227 e. The molecule has 1 saturated heterocycles. The number of likely N-dealkylation sites (tertiary alicyclic amines) is 1. The van der Waals surface area contributed by atoms with E-state index in [0.717, 1.165) is 32.5 Å². The summed E-state index contributed by atoms with van der Waals surface area (Å²) in [5, 5.41) is 2.10. The summed E-state index contributed by atoms with van der Waals surface area (Å²) in [7, 11) is 1.68. The number of ether oxygens (including phenoxy) is 1. The SMILES string of the molecule is CCC(=O)N(c1ccccc1F)[C@@H]1CCN(CCc2cccs2)C[C@H]1OC. The van der Waals surface area contributed by atoms with Crippen molar-refractivity contribution < 1.29 is 13.9 Å². The number of carbonyl (C=O) groups is 1. The molecule has 0 unspecified atom stereocenters. The molecule has 2 heterocycles. The molecule has 0 saturated carbocycles. The maximum atomic E-state index is 14.4. The van der Waals surface area contributed by atoms with Crippen molar-refractivity contribution in [2.24, 2.45) is 0 Å². The number of para-hydroxylation sites is 1. The number of hydrogen-bond acceptors (Lipinski definition) is 4. The van der Waals surface area contributed by atoms with Crippen molar-refractivity contribution >= 4 is 22.9 Å². The number of hydrogen-bond donors (Lipinski definition) is 0. The van der Waals surface area contributed by atoms with E-state index < -0.39 is 0 Å². The predicted molar refractivity (Wildman–Crippen MR) is 108 cm³/mol. The summed E-state index contributed by atoms with van der Waals surface area (Å²) in [6.45, 7) is 4.40. The molecule has 6 heteroatoms. The van der Waals surface area contributed by atoms with Crippen molar-refractivity contribution in [1.82, 2.24) is 4.90 Å². The fraction of sp³-hybridized carbons (Fsp3) is 0.476. The van der Waals surface area contributed by atoms with Gasteiger partial charge in [-0.25, -0.2) is 4.39 Å². The number of halogens is 1. The summed E-state index contributed by atoms with van der Waals surface area (Å²) < 4.78 is 20.2. The summed E-state index contributed by atoms with van der Waals surface area (Å²) in [4.78, 5) is 18.1. The molecule has 1 aromatic heterocycles. The lowest BCUT2D eigenvalue weighted by Crippen LogP contribution is -2.57. The van der Waals surface area contributed by atoms with Gasteiger partial charge in [0.2, 0.25) is 5.91 Å². The number of amides is 1. The Balaban J connectivity index is 1.73. The van der Waals surface area contributed by atoms with Crippen LogP contribution in [0.2, 0.25) is 0 Å². The zero-order valence-corrected chi connectivity index (χ0v) is 16.8. The maximum Gasteiger partial charge on any atom is 0.227 e. The summed E-state index contributed by atoms with van der Waals surface area (Å²) in [6.07, 6.45) is 1.98. The van der Waals surface area contributed by atoms with Crippen LogP contribution in [0, 0.1) is 5.82 Å². The van der Waals surface area contributed by atoms with Gasteiger partial charge in [0, 0.05) is 38.0 Å². The van der Waals surface area contributed by atoms with Gasteiger partial charge in [0.05, 0.1) is 17.8 Å². The molecule has 1 aliphatic heterocycles. The minimum atomic E-state index is -0.366. The molecule has 1 fully saturated rings. The third-order valence-electron chi connectivity index (χ3n) is 5.18. The molecule has 1 aliphatic rings. The van der Waals surface area contributed by atoms with Crippen molar-refractivity contribution in [1.29, 1.82) is 0 Å². The molecule has 2 atom stereocenters. The van der Waals surface area contributed by atoms with E-state index in [-0.39, 0.29) is 23.9 Å². The molecule has 27 heavy (non-hydrogen) atoms. The minimum Gasteiger partial charge on any atom is -0.378 e. The number of methoxy groups -OCH3 is 1. The van der Waals surface area contributed by atoms with Crippen molar-refractivity contribution in [2.45, 2.75) is 38.3 Å². The summed E-state index contributed by atoms with van der Waals surface area (Å²) in [6, 6.07) is 10.6. The van der Waals surface area contributed by atoms with E-state index in [4.69, 9.17) is 4.74 Å². The Morgan fingerprint density at radius 1 is 1.33 bits per heavy atom. The van der Waals surface area contributed by atoms with Crippen molar-refractivity contribution in [2.75, 3.05) is 31.6 Å². The highest BCUT2D eigenvalue weighted by molar-refractivity contribution is 7.09. The zero-order valence-electron chi connectivity index (χ0n) is 15.9. The van der Waals surface area contributed by atoms with Crippen LogP contribution in [-0.2, 0) is 16.0 Å². The largest absolute Gasteiger partial charge is 0.378 e. The quantitative estimate of drug-likeness (QED) is 0.717. The van der Waals surface area contributed by atoms with Gasteiger partial charge in [-0.3, -0.25) is 4.79 Å². The molecule has 0 bridgehead atoms. The number of carbonyl (C=O) groups excluding carboxylic acids is 1. The lowest BCUT2D eigenvalue weighted by molar-refractivity contribution is -0.120. The first-order valence-corrected chi connectivity index (χ1v) is 10.4. The van der Waals surface area contributed by atoms with Crippen LogP contribution in [0.3, 0.4) is 0 Å². The molecule has 1 amide bonds. The Bertz CT molecular complexity index is 738. The van der Waals surface area contributed by atoms with Crippen LogP contribution >= 0.6 is 11.3 Å². The van der Waals surface area contributed by atoms with E-state index in [1.807, 2.05) is 6.92 Å². The number of thiophene rings is 1. The molecule has 2 aromatic rings. The molecule has 0 radical (unpaired) electrons. The van der Waals surface area contributed by atoms with E-state index in [1.54, 1.807) is 41.5 Å². The molecule has 146 valence electrons. The predicted octanol–water partition coefficient (Wildman–Crippen LogP) is 3.96. The van der Waals surface area contributed by atoms with Crippen LogP contribution in [0.1, 0.15) is 24.6 Å². The maximum absolute atomic E-state index is 14.4. The topological polar surface area (TPSA) is 32.8 Å². The van der Waals surface area contributed by atoms with E-state index in [9.17, 15) is 9.18 Å². The Kier molecular flexibility index (Phi) is 6.99. The number of benzene rings is 1. The lowest BCUT2D eigenvalue weighted by atomic mass is 9.98. The average Bonchev–Trinajstić information content (AvgIpc) is 3.22. The summed E-state index contributed by atoms with van der Waals surface area (Å²) in [5.74, 6) is -0.437. The Hall–Kier alpha value is -1.76. The fourth-order valence-electron chi connectivity index (χ4n) is 3.74.